The van der Waals surface area contributed by atoms with Crippen molar-refractivity contribution in [2.24, 2.45) is 5.41 Å². The van der Waals surface area contributed by atoms with E-state index in [1.807, 2.05) is 75.4 Å². The van der Waals surface area contributed by atoms with Gasteiger partial charge in [-0.25, -0.2) is 4.79 Å². The molecule has 0 radical (unpaired) electrons. The van der Waals surface area contributed by atoms with Crippen molar-refractivity contribution in [2.75, 3.05) is 44.7 Å². The third kappa shape index (κ3) is 8.39. The van der Waals surface area contributed by atoms with E-state index in [2.05, 4.69) is 42.5 Å². The van der Waals surface area contributed by atoms with Crippen LogP contribution < -0.4 is 14.4 Å². The molecule has 2 aromatic carbocycles. The molecule has 0 saturated carbocycles. The number of hydrogen-bond donors (Lipinski definition) is 0. The number of Topliss-reactive ketones (excluding diaryl/α,β-unsaturated/α-hetero) is 1. The lowest BCUT2D eigenvalue weighted by atomic mass is 9.61. The molecule has 1 amide bonds. The number of para-hydroxylation sites is 1. The fraction of sp³-hybridized carbons (Fsp3) is 0.512. The Balaban J connectivity index is 1.35. The van der Waals surface area contributed by atoms with Gasteiger partial charge in [0.1, 0.15) is 36.1 Å². The van der Waals surface area contributed by atoms with Gasteiger partial charge in [-0.15, -0.1) is 6.58 Å². The molecule has 0 N–H and O–H groups in total. The third-order valence-electron chi connectivity index (χ3n) is 11.2. The van der Waals surface area contributed by atoms with Crippen LogP contribution in [-0.4, -0.2) is 89.2 Å². The quantitative estimate of drug-likeness (QED) is 0.175. The summed E-state index contributed by atoms with van der Waals surface area (Å²) in [5.41, 5.74) is 1.65. The molecule has 1 aromatic heterocycles. The molecular weight excluding hydrogens is 681 g/mol. The Bertz CT molecular complexity index is 1850. The fourth-order valence-electron chi connectivity index (χ4n) is 8.19. The van der Waals surface area contributed by atoms with E-state index < -0.39 is 23.2 Å². The maximum absolute atomic E-state index is 15.2. The standard InChI is InChI=1S/C43H54N6O5/c1-7-21-43(30(2)34-17-11-12-18-36(34)52-28-31-14-9-8-10-15-31)22-19-35-37(38(43)50)45-40(53-29-33-16-13-24-47(33)6)46-39(35)48-25-26-49(32(27-48)20-23-44)41(51)54-42(3,4)5/h7-12,14-15,17-18,30,32-33H,1,13,16,19-22,24-29H2,2-6H3. The molecule has 286 valence electrons. The summed E-state index contributed by atoms with van der Waals surface area (Å²) in [6.45, 7) is 14.7. The number of aromatic nitrogens is 2. The second-order valence-corrected chi connectivity index (χ2v) is 15.9. The van der Waals surface area contributed by atoms with Crippen molar-refractivity contribution in [1.82, 2.24) is 19.8 Å². The number of rotatable bonds is 12. The van der Waals surface area contributed by atoms with Gasteiger partial charge in [-0.3, -0.25) is 4.79 Å². The van der Waals surface area contributed by atoms with Crippen LogP contribution in [0.5, 0.6) is 11.8 Å². The SMILES string of the molecule is C=CCC1(C(C)c2ccccc2OCc2ccccc2)CCc2c(nc(OCC3CCCN3C)nc2N2CCN(C(=O)OC(C)(C)C)C(CC#N)C2)C1=O. The Morgan fingerprint density at radius 1 is 1.07 bits per heavy atom. The summed E-state index contributed by atoms with van der Waals surface area (Å²) in [5, 5.41) is 9.78. The molecule has 0 spiro atoms. The van der Waals surface area contributed by atoms with Crippen molar-refractivity contribution >= 4 is 17.7 Å². The molecule has 11 heteroatoms. The predicted octanol–water partition coefficient (Wildman–Crippen LogP) is 7.36. The molecule has 3 heterocycles. The van der Waals surface area contributed by atoms with Crippen LogP contribution in [0.15, 0.2) is 67.3 Å². The number of nitrogens with zero attached hydrogens (tertiary/aromatic N) is 6. The molecule has 4 unspecified atom stereocenters. The minimum absolute atomic E-state index is 0.0681. The predicted molar refractivity (Wildman–Crippen MR) is 208 cm³/mol. The second-order valence-electron chi connectivity index (χ2n) is 15.9. The number of ketones is 1. The van der Waals surface area contributed by atoms with Crippen molar-refractivity contribution in [2.45, 2.75) is 96.4 Å². The lowest BCUT2D eigenvalue weighted by Gasteiger charge is -2.44. The number of allylic oxidation sites excluding steroid dienone is 1. The molecule has 54 heavy (non-hydrogen) atoms. The van der Waals surface area contributed by atoms with Gasteiger partial charge in [-0.2, -0.15) is 15.2 Å². The van der Waals surface area contributed by atoms with Gasteiger partial charge in [-0.1, -0.05) is 61.5 Å². The van der Waals surface area contributed by atoms with E-state index in [0.717, 1.165) is 41.8 Å². The zero-order chi connectivity index (χ0) is 38.5. The summed E-state index contributed by atoms with van der Waals surface area (Å²) in [6, 6.07) is 20.2. The molecule has 3 aliphatic rings. The normalized spacial score (nSPS) is 22.3. The summed E-state index contributed by atoms with van der Waals surface area (Å²) in [5.74, 6) is 1.08. The van der Waals surface area contributed by atoms with Crippen LogP contribution in [0.25, 0.3) is 0 Å². The number of benzene rings is 2. The first-order chi connectivity index (χ1) is 25.9. The largest absolute Gasteiger partial charge is 0.489 e. The van der Waals surface area contributed by atoms with Crippen molar-refractivity contribution in [3.63, 3.8) is 0 Å². The van der Waals surface area contributed by atoms with Crippen LogP contribution in [0.2, 0.25) is 0 Å². The highest BCUT2D eigenvalue weighted by atomic mass is 16.6. The van der Waals surface area contributed by atoms with Gasteiger partial charge in [0.2, 0.25) is 0 Å². The van der Waals surface area contributed by atoms with Crippen molar-refractivity contribution in [3.05, 3.63) is 89.6 Å². The highest BCUT2D eigenvalue weighted by Gasteiger charge is 2.49. The zero-order valence-corrected chi connectivity index (χ0v) is 32.4. The third-order valence-corrected chi connectivity index (χ3v) is 11.2. The number of hydrogen-bond acceptors (Lipinski definition) is 10. The molecule has 2 saturated heterocycles. The van der Waals surface area contributed by atoms with Gasteiger partial charge in [0.15, 0.2) is 5.78 Å². The Morgan fingerprint density at radius 2 is 1.83 bits per heavy atom. The first-order valence-corrected chi connectivity index (χ1v) is 19.2. The van der Waals surface area contributed by atoms with Gasteiger partial charge in [-0.05, 0) is 89.6 Å². The van der Waals surface area contributed by atoms with Gasteiger partial charge in [0.25, 0.3) is 0 Å². The monoisotopic (exact) mass is 734 g/mol. The number of carbonyl (C=O) groups excluding carboxylic acids is 2. The average molecular weight is 735 g/mol. The fourth-order valence-corrected chi connectivity index (χ4v) is 8.19. The van der Waals surface area contributed by atoms with E-state index in [4.69, 9.17) is 24.2 Å². The maximum atomic E-state index is 15.2. The Labute approximate surface area is 319 Å². The molecular formula is C43H54N6O5. The number of likely N-dealkylation sites (N-methyl/N-ethyl adjacent to an activating group) is 1. The summed E-state index contributed by atoms with van der Waals surface area (Å²) < 4.78 is 18.4. The summed E-state index contributed by atoms with van der Waals surface area (Å²) in [6.07, 6.45) is 5.21. The number of likely N-dealkylation sites (tertiary alicyclic amines) is 1. The summed E-state index contributed by atoms with van der Waals surface area (Å²) >= 11 is 0. The first kappa shape index (κ1) is 38.8. The van der Waals surface area contributed by atoms with E-state index >= 15 is 4.79 Å². The lowest BCUT2D eigenvalue weighted by Crippen LogP contribution is -2.56. The molecule has 0 bridgehead atoms. The highest BCUT2D eigenvalue weighted by molar-refractivity contribution is 6.03. The lowest BCUT2D eigenvalue weighted by molar-refractivity contribution is 0.0144. The molecule has 1 aliphatic carbocycles. The summed E-state index contributed by atoms with van der Waals surface area (Å²) in [7, 11) is 2.09. The van der Waals surface area contributed by atoms with Crippen LogP contribution in [0.1, 0.15) is 92.9 Å². The van der Waals surface area contributed by atoms with Gasteiger partial charge in [0.05, 0.1) is 18.5 Å². The van der Waals surface area contributed by atoms with Crippen molar-refractivity contribution in [1.29, 1.82) is 5.26 Å². The van der Waals surface area contributed by atoms with Crippen molar-refractivity contribution in [3.8, 4) is 17.8 Å². The minimum atomic E-state index is -0.839. The molecule has 11 nitrogen and oxygen atoms in total. The van der Waals surface area contributed by atoms with Crippen LogP contribution >= 0.6 is 0 Å². The van der Waals surface area contributed by atoms with Crippen molar-refractivity contribution < 1.29 is 23.8 Å². The first-order valence-electron chi connectivity index (χ1n) is 19.2. The Hall–Kier alpha value is -4.95. The van der Waals surface area contributed by atoms with Crippen LogP contribution in [0.3, 0.4) is 0 Å². The number of piperazine rings is 1. The van der Waals surface area contributed by atoms with Crippen LogP contribution in [-0.2, 0) is 17.8 Å². The van der Waals surface area contributed by atoms with Crippen LogP contribution in [0, 0.1) is 16.7 Å². The molecule has 2 fully saturated rings. The smallest absolute Gasteiger partial charge is 0.410 e. The number of anilines is 1. The highest BCUT2D eigenvalue weighted by Crippen LogP contribution is 2.51. The van der Waals surface area contributed by atoms with Gasteiger partial charge in [0, 0.05) is 36.7 Å². The van der Waals surface area contributed by atoms with E-state index in [9.17, 15) is 10.1 Å². The Kier molecular flexibility index (Phi) is 11.9. The zero-order valence-electron chi connectivity index (χ0n) is 32.4. The van der Waals surface area contributed by atoms with Crippen LogP contribution in [0.4, 0.5) is 10.6 Å². The van der Waals surface area contributed by atoms with E-state index in [1.54, 1.807) is 4.90 Å². The summed E-state index contributed by atoms with van der Waals surface area (Å²) in [4.78, 5) is 44.3. The van der Waals surface area contributed by atoms with Gasteiger partial charge < -0.3 is 28.9 Å². The van der Waals surface area contributed by atoms with Gasteiger partial charge >= 0.3 is 12.1 Å². The molecule has 3 aromatic rings. The van der Waals surface area contributed by atoms with E-state index in [-0.39, 0.29) is 30.2 Å². The second kappa shape index (κ2) is 16.6. The van der Waals surface area contributed by atoms with E-state index in [0.29, 0.717) is 63.6 Å². The number of nitriles is 1. The van der Waals surface area contributed by atoms with E-state index in [1.165, 1.54) is 0 Å². The maximum Gasteiger partial charge on any atom is 0.410 e. The topological polar surface area (TPSA) is 121 Å². The number of fused-ring (bicyclic) bond motifs is 1. The number of ether oxygens (including phenoxy) is 3. The molecule has 4 atom stereocenters. The number of amides is 1. The minimum Gasteiger partial charge on any atom is -0.489 e. The molecule has 2 aliphatic heterocycles. The Morgan fingerprint density at radius 3 is 2.54 bits per heavy atom. The molecule has 6 rings (SSSR count). The average Bonchev–Trinajstić information content (AvgIpc) is 3.58. The number of carbonyl (C=O) groups is 2.